The average Bonchev–Trinajstić information content (AvgIpc) is 2.52. The van der Waals surface area contributed by atoms with Crippen molar-refractivity contribution in [2.45, 2.75) is 26.0 Å². The van der Waals surface area contributed by atoms with Gasteiger partial charge >= 0.3 is 0 Å². The molecule has 0 aromatic heterocycles. The Hall–Kier alpha value is -1.79. The van der Waals surface area contributed by atoms with Gasteiger partial charge in [-0.1, -0.05) is 11.6 Å². The maximum Gasteiger partial charge on any atom is 0.265 e. The lowest BCUT2D eigenvalue weighted by atomic mass is 10.2. The van der Waals surface area contributed by atoms with Crippen molar-refractivity contribution in [1.82, 2.24) is 4.90 Å². The van der Waals surface area contributed by atoms with Crippen molar-refractivity contribution < 1.29 is 19.1 Å². The van der Waals surface area contributed by atoms with Crippen LogP contribution in [0.1, 0.15) is 13.8 Å². The van der Waals surface area contributed by atoms with Crippen molar-refractivity contribution in [3.8, 4) is 5.75 Å². The Morgan fingerprint density at radius 2 is 2.17 bits per heavy atom. The summed E-state index contributed by atoms with van der Waals surface area (Å²) in [6.07, 6.45) is -0.00253. The molecule has 0 saturated carbocycles. The number of benzene rings is 1. The molecule has 7 heteroatoms. The molecule has 0 radical (unpaired) electrons. The molecule has 0 bridgehead atoms. The highest BCUT2D eigenvalue weighted by molar-refractivity contribution is 6.31. The molecule has 2 amide bonds. The Morgan fingerprint density at radius 3 is 2.96 bits per heavy atom. The van der Waals surface area contributed by atoms with E-state index in [4.69, 9.17) is 21.1 Å². The summed E-state index contributed by atoms with van der Waals surface area (Å²) in [7, 11) is 0. The first-order valence-corrected chi connectivity index (χ1v) is 7.97. The second-order valence-corrected chi connectivity index (χ2v) is 6.36. The average molecular weight is 339 g/mol. The number of carbonyl (C=O) groups is 2. The lowest BCUT2D eigenvalue weighted by Crippen LogP contribution is -2.54. The standard InChI is InChI=1S/C16H19ClN2O4/c1-10-8-22-11(2)6-18(10)15(20)7-19-13-5-12(17)3-4-14(13)23-9-16(19)21/h3-5,10-11H,6-9H2,1-2H3/t10-,11+/m1/s1. The number of carbonyl (C=O) groups excluding carboxylic acids is 2. The van der Waals surface area contributed by atoms with Crippen molar-refractivity contribution in [2.24, 2.45) is 0 Å². The number of amides is 2. The van der Waals surface area contributed by atoms with Gasteiger partial charge in [-0.25, -0.2) is 0 Å². The molecular formula is C16H19ClN2O4. The van der Waals surface area contributed by atoms with Gasteiger partial charge < -0.3 is 14.4 Å². The number of hydrogen-bond acceptors (Lipinski definition) is 4. The molecule has 6 nitrogen and oxygen atoms in total. The van der Waals surface area contributed by atoms with Crippen LogP contribution < -0.4 is 9.64 Å². The molecule has 124 valence electrons. The van der Waals surface area contributed by atoms with Gasteiger partial charge in [0.25, 0.3) is 5.91 Å². The quantitative estimate of drug-likeness (QED) is 0.823. The SMILES string of the molecule is C[C@@H]1CO[C@@H](C)CN1C(=O)CN1C(=O)COc2ccc(Cl)cc21. The van der Waals surface area contributed by atoms with Crippen LogP contribution in [0.3, 0.4) is 0 Å². The van der Waals surface area contributed by atoms with Crippen LogP contribution in [0, 0.1) is 0 Å². The van der Waals surface area contributed by atoms with E-state index in [2.05, 4.69) is 0 Å². The molecule has 1 fully saturated rings. The van der Waals surface area contributed by atoms with Gasteiger partial charge in [0, 0.05) is 11.6 Å². The number of fused-ring (bicyclic) bond motifs is 1. The summed E-state index contributed by atoms with van der Waals surface area (Å²) in [4.78, 5) is 28.1. The number of hydrogen-bond donors (Lipinski definition) is 0. The van der Waals surface area contributed by atoms with E-state index in [0.29, 0.717) is 29.6 Å². The molecule has 0 spiro atoms. The molecule has 0 unspecified atom stereocenters. The van der Waals surface area contributed by atoms with Gasteiger partial charge in [-0.3, -0.25) is 14.5 Å². The predicted octanol–water partition coefficient (Wildman–Crippen LogP) is 1.70. The van der Waals surface area contributed by atoms with E-state index in [0.717, 1.165) is 0 Å². The van der Waals surface area contributed by atoms with Crippen molar-refractivity contribution in [1.29, 1.82) is 0 Å². The van der Waals surface area contributed by atoms with Gasteiger partial charge in [-0.2, -0.15) is 0 Å². The lowest BCUT2D eigenvalue weighted by Gasteiger charge is -2.38. The molecule has 2 aliphatic rings. The van der Waals surface area contributed by atoms with Crippen LogP contribution in [0.5, 0.6) is 5.75 Å². The van der Waals surface area contributed by atoms with Crippen molar-refractivity contribution in [2.75, 3.05) is 31.2 Å². The van der Waals surface area contributed by atoms with Gasteiger partial charge in [0.05, 0.1) is 24.4 Å². The number of nitrogens with zero attached hydrogens (tertiary/aromatic N) is 2. The monoisotopic (exact) mass is 338 g/mol. The molecule has 2 heterocycles. The molecule has 0 N–H and O–H groups in total. The van der Waals surface area contributed by atoms with Gasteiger partial charge in [0.1, 0.15) is 12.3 Å². The summed E-state index contributed by atoms with van der Waals surface area (Å²) in [5.74, 6) is 0.209. The highest BCUT2D eigenvalue weighted by atomic mass is 35.5. The fourth-order valence-electron chi connectivity index (χ4n) is 2.83. The first kappa shape index (κ1) is 16.1. The summed E-state index contributed by atoms with van der Waals surface area (Å²) in [5.41, 5.74) is 0.538. The number of rotatable bonds is 2. The Kier molecular flexibility index (Phi) is 4.46. The topological polar surface area (TPSA) is 59.1 Å². The Morgan fingerprint density at radius 1 is 1.39 bits per heavy atom. The van der Waals surface area contributed by atoms with Gasteiger partial charge in [-0.05, 0) is 32.0 Å². The third-order valence-electron chi connectivity index (χ3n) is 4.09. The predicted molar refractivity (Wildman–Crippen MR) is 85.9 cm³/mol. The largest absolute Gasteiger partial charge is 0.482 e. The molecular weight excluding hydrogens is 320 g/mol. The minimum Gasteiger partial charge on any atom is -0.482 e. The van der Waals surface area contributed by atoms with E-state index < -0.39 is 0 Å². The molecule has 2 aliphatic heterocycles. The van der Waals surface area contributed by atoms with Crippen LogP contribution in [0.15, 0.2) is 18.2 Å². The van der Waals surface area contributed by atoms with Gasteiger partial charge in [0.15, 0.2) is 6.61 Å². The zero-order chi connectivity index (χ0) is 16.6. The normalized spacial score (nSPS) is 24.2. The van der Waals surface area contributed by atoms with Crippen LogP contribution in [0.2, 0.25) is 5.02 Å². The van der Waals surface area contributed by atoms with E-state index in [1.807, 2.05) is 13.8 Å². The van der Waals surface area contributed by atoms with Crippen molar-refractivity contribution >= 4 is 29.1 Å². The minimum atomic E-state index is -0.248. The van der Waals surface area contributed by atoms with Crippen molar-refractivity contribution in [3.63, 3.8) is 0 Å². The van der Waals surface area contributed by atoms with Crippen molar-refractivity contribution in [3.05, 3.63) is 23.2 Å². The van der Waals surface area contributed by atoms with Crippen LogP contribution in [-0.2, 0) is 14.3 Å². The molecule has 2 atom stereocenters. The second-order valence-electron chi connectivity index (χ2n) is 5.92. The number of halogens is 1. The minimum absolute atomic E-state index is 0.00253. The molecule has 1 saturated heterocycles. The van der Waals surface area contributed by atoms with Crippen LogP contribution in [0.4, 0.5) is 5.69 Å². The maximum absolute atomic E-state index is 12.7. The number of morpholine rings is 1. The van der Waals surface area contributed by atoms with Gasteiger partial charge in [-0.15, -0.1) is 0 Å². The molecule has 23 heavy (non-hydrogen) atoms. The molecule has 0 aliphatic carbocycles. The van der Waals surface area contributed by atoms with E-state index in [1.54, 1.807) is 23.1 Å². The molecule has 1 aromatic rings. The smallest absolute Gasteiger partial charge is 0.265 e. The van der Waals surface area contributed by atoms with Gasteiger partial charge in [0.2, 0.25) is 5.91 Å². The van der Waals surface area contributed by atoms with Crippen LogP contribution in [-0.4, -0.2) is 55.2 Å². The van der Waals surface area contributed by atoms with E-state index >= 15 is 0 Å². The summed E-state index contributed by atoms with van der Waals surface area (Å²) in [6, 6.07) is 5.05. The fourth-order valence-corrected chi connectivity index (χ4v) is 2.99. The zero-order valence-corrected chi connectivity index (χ0v) is 13.9. The first-order valence-electron chi connectivity index (χ1n) is 7.59. The summed E-state index contributed by atoms with van der Waals surface area (Å²) < 4.78 is 10.9. The van der Waals surface area contributed by atoms with E-state index in [1.165, 1.54) is 4.90 Å². The van der Waals surface area contributed by atoms with E-state index in [9.17, 15) is 9.59 Å². The third kappa shape index (κ3) is 3.28. The summed E-state index contributed by atoms with van der Waals surface area (Å²) >= 11 is 6.01. The Balaban J connectivity index is 1.80. The number of anilines is 1. The first-order chi connectivity index (χ1) is 11.0. The maximum atomic E-state index is 12.7. The third-order valence-corrected chi connectivity index (χ3v) is 4.32. The highest BCUT2D eigenvalue weighted by Crippen LogP contribution is 2.34. The van der Waals surface area contributed by atoms with E-state index in [-0.39, 0.29) is 37.1 Å². The van der Waals surface area contributed by atoms with Crippen LogP contribution in [0.25, 0.3) is 0 Å². The van der Waals surface area contributed by atoms with Crippen LogP contribution >= 0.6 is 11.6 Å². The summed E-state index contributed by atoms with van der Waals surface area (Å²) in [5, 5.41) is 0.493. The second kappa shape index (κ2) is 6.37. The summed E-state index contributed by atoms with van der Waals surface area (Å²) in [6.45, 7) is 4.81. The molecule has 1 aromatic carbocycles. The zero-order valence-electron chi connectivity index (χ0n) is 13.1. The Labute approximate surface area is 139 Å². The fraction of sp³-hybridized carbons (Fsp3) is 0.500. The highest BCUT2D eigenvalue weighted by Gasteiger charge is 2.32. The lowest BCUT2D eigenvalue weighted by molar-refractivity contribution is -0.142. The number of ether oxygens (including phenoxy) is 2. The molecule has 3 rings (SSSR count). The Bertz CT molecular complexity index is 637.